The van der Waals surface area contributed by atoms with Crippen molar-refractivity contribution in [3.63, 3.8) is 0 Å². The van der Waals surface area contributed by atoms with Crippen LogP contribution in [0.2, 0.25) is 0 Å². The number of rotatable bonds is 9. The fourth-order valence-corrected chi connectivity index (χ4v) is 6.95. The van der Waals surface area contributed by atoms with Crippen molar-refractivity contribution >= 4 is 10.8 Å². The maximum Gasteiger partial charge on any atom is 0.123 e. The Bertz CT molecular complexity index is 1090. The Balaban J connectivity index is 1.48. The summed E-state index contributed by atoms with van der Waals surface area (Å²) in [6.07, 6.45) is 2.48. The van der Waals surface area contributed by atoms with Crippen LogP contribution in [-0.4, -0.2) is 47.1 Å². The number of nitrogens with zero attached hydrogens (tertiary/aromatic N) is 1. The van der Waals surface area contributed by atoms with E-state index in [1.54, 1.807) is 7.11 Å². The Labute approximate surface area is 212 Å². The van der Waals surface area contributed by atoms with E-state index < -0.39 is 10.8 Å². The summed E-state index contributed by atoms with van der Waals surface area (Å²) in [7, 11) is 0.739. The molecule has 0 aliphatic carbocycles. The first-order valence-electron chi connectivity index (χ1n) is 12.8. The van der Waals surface area contributed by atoms with Gasteiger partial charge in [0, 0.05) is 40.8 Å². The summed E-state index contributed by atoms with van der Waals surface area (Å²) < 4.78 is 18.2. The molecule has 3 aliphatic heterocycles. The van der Waals surface area contributed by atoms with Crippen LogP contribution in [0.3, 0.4) is 0 Å². The maximum atomic E-state index is 12.5. The second kappa shape index (κ2) is 11.1. The first-order valence-corrected chi connectivity index (χ1v) is 14.1. The fourth-order valence-electron chi connectivity index (χ4n) is 6.12. The van der Waals surface area contributed by atoms with Gasteiger partial charge in [0.15, 0.2) is 0 Å². The molecule has 3 saturated heterocycles. The summed E-state index contributed by atoms with van der Waals surface area (Å²) >= 11 is 0. The summed E-state index contributed by atoms with van der Waals surface area (Å²) in [4.78, 5) is 3.59. The molecule has 0 spiro atoms. The lowest BCUT2D eigenvalue weighted by atomic mass is 9.70. The summed E-state index contributed by atoms with van der Waals surface area (Å²) in [5.41, 5.74) is 3.83. The Hall–Kier alpha value is -2.47. The van der Waals surface area contributed by atoms with Gasteiger partial charge in [0.1, 0.15) is 5.75 Å². The Morgan fingerprint density at radius 1 is 0.971 bits per heavy atom. The summed E-state index contributed by atoms with van der Waals surface area (Å²) in [5.74, 6) is 2.43. The van der Waals surface area contributed by atoms with E-state index in [9.17, 15) is 4.21 Å². The lowest BCUT2D eigenvalue weighted by Gasteiger charge is -2.54. The summed E-state index contributed by atoms with van der Waals surface area (Å²) in [6, 6.07) is 28.7. The minimum Gasteiger partial charge on any atom is -0.496 e. The molecular formula is C30H36N2O2S. The molecule has 5 heteroatoms. The molecule has 6 rings (SSSR count). The molecule has 1 unspecified atom stereocenters. The zero-order valence-electron chi connectivity index (χ0n) is 20.7. The Morgan fingerprint density at radius 3 is 2.17 bits per heavy atom. The zero-order chi connectivity index (χ0) is 24.2. The van der Waals surface area contributed by atoms with E-state index in [0.29, 0.717) is 36.2 Å². The molecule has 1 N–H and O–H groups in total. The molecule has 0 aromatic heterocycles. The van der Waals surface area contributed by atoms with Gasteiger partial charge in [-0.2, -0.15) is 0 Å². The van der Waals surface area contributed by atoms with Crippen LogP contribution in [0, 0.1) is 5.92 Å². The molecule has 3 aliphatic rings. The van der Waals surface area contributed by atoms with Crippen LogP contribution >= 0.6 is 0 Å². The molecule has 3 atom stereocenters. The van der Waals surface area contributed by atoms with Gasteiger partial charge >= 0.3 is 0 Å². The molecule has 184 valence electrons. The smallest absolute Gasteiger partial charge is 0.123 e. The number of nitrogens with one attached hydrogen (secondary N) is 1. The average Bonchev–Trinajstić information content (AvgIpc) is 2.93. The largest absolute Gasteiger partial charge is 0.496 e. The van der Waals surface area contributed by atoms with Crippen molar-refractivity contribution in [3.05, 3.63) is 95.6 Å². The van der Waals surface area contributed by atoms with E-state index in [-0.39, 0.29) is 0 Å². The molecule has 0 saturated carbocycles. The summed E-state index contributed by atoms with van der Waals surface area (Å²) in [5, 5.41) is 3.98. The van der Waals surface area contributed by atoms with Gasteiger partial charge < -0.3 is 10.1 Å². The standard InChI is InChI=1S/C30H36N2O2S/c1-3-35(33)26-14-15-27(34-2)25(20-26)21-31-29-24-16-18-32(19-17-24)30(29)28(22-10-6-4-7-11-22)23-12-8-5-9-13-23/h4-15,20,24,28-31H,3,16-19,21H2,1-2H3/t29-,30-,35?/m0/s1. The highest BCUT2D eigenvalue weighted by molar-refractivity contribution is 7.85. The van der Waals surface area contributed by atoms with Gasteiger partial charge in [-0.25, -0.2) is 0 Å². The number of fused-ring (bicyclic) bond motifs is 3. The molecule has 4 nitrogen and oxygen atoms in total. The van der Waals surface area contributed by atoms with Crippen LogP contribution in [0.1, 0.15) is 42.4 Å². The highest BCUT2D eigenvalue weighted by Gasteiger charge is 2.46. The molecular weight excluding hydrogens is 452 g/mol. The maximum absolute atomic E-state index is 12.5. The Morgan fingerprint density at radius 2 is 1.60 bits per heavy atom. The molecule has 0 amide bonds. The second-order valence-corrected chi connectivity index (χ2v) is 11.4. The van der Waals surface area contributed by atoms with E-state index >= 15 is 0 Å². The number of methoxy groups -OCH3 is 1. The van der Waals surface area contributed by atoms with Crippen molar-refractivity contribution in [3.8, 4) is 5.75 Å². The van der Waals surface area contributed by atoms with Crippen LogP contribution < -0.4 is 10.1 Å². The van der Waals surface area contributed by atoms with E-state index in [1.165, 1.54) is 24.0 Å². The Kier molecular flexibility index (Phi) is 7.66. The lowest BCUT2D eigenvalue weighted by Crippen LogP contribution is -2.64. The van der Waals surface area contributed by atoms with Gasteiger partial charge in [-0.1, -0.05) is 67.6 Å². The fraction of sp³-hybridized carbons (Fsp3) is 0.400. The summed E-state index contributed by atoms with van der Waals surface area (Å²) in [6.45, 7) is 5.00. The van der Waals surface area contributed by atoms with Crippen molar-refractivity contribution in [1.29, 1.82) is 0 Å². The van der Waals surface area contributed by atoms with E-state index in [1.807, 2.05) is 19.1 Å². The monoisotopic (exact) mass is 488 g/mol. The van der Waals surface area contributed by atoms with E-state index in [4.69, 9.17) is 4.74 Å². The molecule has 3 aromatic rings. The van der Waals surface area contributed by atoms with Crippen molar-refractivity contribution in [2.24, 2.45) is 5.92 Å². The van der Waals surface area contributed by atoms with E-state index in [2.05, 4.69) is 76.9 Å². The van der Waals surface area contributed by atoms with Crippen LogP contribution in [0.5, 0.6) is 5.75 Å². The number of hydrogen-bond acceptors (Lipinski definition) is 4. The zero-order valence-corrected chi connectivity index (χ0v) is 21.5. The predicted molar refractivity (Wildman–Crippen MR) is 143 cm³/mol. The molecule has 0 radical (unpaired) electrons. The third kappa shape index (κ3) is 5.09. The molecule has 35 heavy (non-hydrogen) atoms. The minimum absolute atomic E-state index is 0.304. The van der Waals surface area contributed by atoms with Gasteiger partial charge in [-0.15, -0.1) is 0 Å². The lowest BCUT2D eigenvalue weighted by molar-refractivity contribution is 0.00461. The average molecular weight is 489 g/mol. The van der Waals surface area contributed by atoms with Crippen molar-refractivity contribution in [2.45, 2.75) is 49.2 Å². The third-order valence-electron chi connectivity index (χ3n) is 7.84. The highest BCUT2D eigenvalue weighted by atomic mass is 32.2. The SMILES string of the molecule is CCS(=O)c1ccc(OC)c(CN[C@H]2C3CCN(CC3)[C@H]2C(c2ccccc2)c2ccccc2)c1. The third-order valence-corrected chi connectivity index (χ3v) is 9.14. The van der Waals surface area contributed by atoms with Crippen molar-refractivity contribution < 1.29 is 8.95 Å². The van der Waals surface area contributed by atoms with Crippen LogP contribution in [0.4, 0.5) is 0 Å². The van der Waals surface area contributed by atoms with Crippen LogP contribution in [0.25, 0.3) is 0 Å². The number of piperidine rings is 3. The molecule has 3 aromatic carbocycles. The molecule has 3 heterocycles. The normalized spacial score (nSPS) is 24.4. The topological polar surface area (TPSA) is 41.6 Å². The highest BCUT2D eigenvalue weighted by Crippen LogP contribution is 2.42. The molecule has 3 fully saturated rings. The van der Waals surface area contributed by atoms with Crippen LogP contribution in [-0.2, 0) is 17.3 Å². The van der Waals surface area contributed by atoms with E-state index in [0.717, 1.165) is 29.3 Å². The molecule has 2 bridgehead atoms. The van der Waals surface area contributed by atoms with Crippen molar-refractivity contribution in [2.75, 3.05) is 26.0 Å². The van der Waals surface area contributed by atoms with Gasteiger partial charge in [0.05, 0.1) is 17.9 Å². The van der Waals surface area contributed by atoms with Gasteiger partial charge in [0.2, 0.25) is 0 Å². The van der Waals surface area contributed by atoms with Crippen LogP contribution in [0.15, 0.2) is 83.8 Å². The second-order valence-electron chi connectivity index (χ2n) is 9.68. The number of ether oxygens (including phenoxy) is 1. The van der Waals surface area contributed by atoms with Gasteiger partial charge in [-0.3, -0.25) is 9.11 Å². The van der Waals surface area contributed by atoms with Crippen molar-refractivity contribution in [1.82, 2.24) is 10.2 Å². The number of hydrogen-bond donors (Lipinski definition) is 1. The van der Waals surface area contributed by atoms with Gasteiger partial charge in [-0.05, 0) is 61.2 Å². The number of benzene rings is 3. The quantitative estimate of drug-likeness (QED) is 0.449. The predicted octanol–water partition coefficient (Wildman–Crippen LogP) is 5.21. The minimum atomic E-state index is -0.976. The first kappa shape index (κ1) is 24.2. The first-order chi connectivity index (χ1) is 17.2. The van der Waals surface area contributed by atoms with Gasteiger partial charge in [0.25, 0.3) is 0 Å².